The zero-order valence-corrected chi connectivity index (χ0v) is 22.8. The molecule has 0 saturated carbocycles. The number of carbonyl (C=O) groups is 1. The Morgan fingerprint density at radius 2 is 1.98 bits per heavy atom. The standard InChI is InChI=1S/C31H32FN5O4/c1-2-12-37-27-16-22(31(39)40)8-9-26(27)35-30(37)28(18-38)36-13-10-21(11-14-36)25-4-3-5-29(34-25)41-19-23-7-6-20(17-33)15-24(23)32/h3-9,15-16,21,28,38H,2,10-14,18-19H2,1H3,(H,39,40)/t28-/m1/s1. The number of aromatic nitrogens is 3. The molecule has 10 heteroatoms. The van der Waals surface area contributed by atoms with Crippen LogP contribution in [0.25, 0.3) is 11.0 Å². The van der Waals surface area contributed by atoms with Crippen molar-refractivity contribution in [3.05, 3.63) is 88.6 Å². The second kappa shape index (κ2) is 12.5. The number of carboxylic acids is 1. The van der Waals surface area contributed by atoms with Crippen molar-refractivity contribution >= 4 is 17.0 Å². The van der Waals surface area contributed by atoms with Gasteiger partial charge in [0.2, 0.25) is 5.88 Å². The van der Waals surface area contributed by atoms with E-state index in [1.807, 2.05) is 22.8 Å². The van der Waals surface area contributed by atoms with Gasteiger partial charge in [0.25, 0.3) is 0 Å². The molecule has 0 radical (unpaired) electrons. The van der Waals surface area contributed by atoms with Crippen LogP contribution >= 0.6 is 0 Å². The molecule has 1 atom stereocenters. The van der Waals surface area contributed by atoms with Crippen LogP contribution in [-0.2, 0) is 13.2 Å². The van der Waals surface area contributed by atoms with E-state index in [-0.39, 0.29) is 36.3 Å². The lowest BCUT2D eigenvalue weighted by Crippen LogP contribution is -2.39. The van der Waals surface area contributed by atoms with Gasteiger partial charge in [-0.1, -0.05) is 19.1 Å². The summed E-state index contributed by atoms with van der Waals surface area (Å²) in [5.41, 5.74) is 3.21. The van der Waals surface area contributed by atoms with Crippen molar-refractivity contribution in [2.75, 3.05) is 19.7 Å². The summed E-state index contributed by atoms with van der Waals surface area (Å²) in [7, 11) is 0. The molecule has 1 fully saturated rings. The number of piperidine rings is 1. The summed E-state index contributed by atoms with van der Waals surface area (Å²) in [5, 5.41) is 28.8. The number of carboxylic acid groups (broad SMARTS) is 1. The van der Waals surface area contributed by atoms with Gasteiger partial charge in [0.15, 0.2) is 0 Å². The molecule has 0 amide bonds. The molecule has 5 rings (SSSR count). The number of aliphatic hydroxyl groups is 1. The van der Waals surface area contributed by atoms with E-state index in [1.54, 1.807) is 36.4 Å². The zero-order valence-electron chi connectivity index (χ0n) is 22.8. The number of ether oxygens (including phenoxy) is 1. The number of aliphatic hydroxyl groups excluding tert-OH is 1. The van der Waals surface area contributed by atoms with Gasteiger partial charge in [0.05, 0.1) is 40.9 Å². The van der Waals surface area contributed by atoms with Crippen LogP contribution in [0.1, 0.15) is 71.1 Å². The molecule has 4 aromatic rings. The highest BCUT2D eigenvalue weighted by atomic mass is 19.1. The SMILES string of the molecule is CCCn1c([C@@H](CO)N2CCC(c3cccc(OCc4ccc(C#N)cc4F)n3)CC2)nc2ccc(C(=O)O)cc21. The predicted octanol–water partition coefficient (Wildman–Crippen LogP) is 5.04. The minimum Gasteiger partial charge on any atom is -0.478 e. The van der Waals surface area contributed by atoms with Crippen LogP contribution in [0.4, 0.5) is 4.39 Å². The number of benzene rings is 2. The number of halogens is 1. The topological polar surface area (TPSA) is 125 Å². The Kier molecular flexibility index (Phi) is 8.57. The van der Waals surface area contributed by atoms with Gasteiger partial charge in [-0.25, -0.2) is 19.2 Å². The average molecular weight is 558 g/mol. The molecular formula is C31H32FN5O4. The van der Waals surface area contributed by atoms with Crippen LogP contribution in [0.15, 0.2) is 54.6 Å². The number of aryl methyl sites for hydroxylation is 1. The van der Waals surface area contributed by atoms with Gasteiger partial charge in [-0.05, 0) is 68.8 Å². The van der Waals surface area contributed by atoms with Crippen molar-refractivity contribution in [1.82, 2.24) is 19.4 Å². The highest BCUT2D eigenvalue weighted by molar-refractivity contribution is 5.92. The van der Waals surface area contributed by atoms with Gasteiger partial charge in [0, 0.05) is 29.8 Å². The van der Waals surface area contributed by atoms with E-state index in [9.17, 15) is 19.4 Å². The van der Waals surface area contributed by atoms with Crippen LogP contribution in [-0.4, -0.2) is 55.3 Å². The summed E-state index contributed by atoms with van der Waals surface area (Å²) < 4.78 is 22.0. The maximum atomic E-state index is 14.2. The maximum absolute atomic E-state index is 14.2. The molecule has 1 aliphatic rings. The molecule has 2 N–H and O–H groups in total. The Bertz CT molecular complexity index is 1590. The first-order valence-electron chi connectivity index (χ1n) is 13.8. The van der Waals surface area contributed by atoms with Crippen molar-refractivity contribution in [3.63, 3.8) is 0 Å². The minimum absolute atomic E-state index is 0.0112. The molecule has 0 unspecified atom stereocenters. The molecule has 2 aromatic carbocycles. The summed E-state index contributed by atoms with van der Waals surface area (Å²) in [5.74, 6) is -0.109. The lowest BCUT2D eigenvalue weighted by atomic mass is 9.92. The average Bonchev–Trinajstić information content (AvgIpc) is 3.34. The highest BCUT2D eigenvalue weighted by Crippen LogP contribution is 2.33. The fourth-order valence-electron chi connectivity index (χ4n) is 5.48. The largest absolute Gasteiger partial charge is 0.478 e. The summed E-state index contributed by atoms with van der Waals surface area (Å²) in [4.78, 5) is 23.3. The van der Waals surface area contributed by atoms with Gasteiger partial charge in [0.1, 0.15) is 18.2 Å². The number of pyridine rings is 1. The molecule has 2 aromatic heterocycles. The van der Waals surface area contributed by atoms with Crippen LogP contribution in [0.5, 0.6) is 5.88 Å². The Morgan fingerprint density at radius 1 is 1.17 bits per heavy atom. The Hall–Kier alpha value is -4.33. The number of hydrogen-bond acceptors (Lipinski definition) is 7. The summed E-state index contributed by atoms with van der Waals surface area (Å²) in [6.45, 7) is 4.10. The zero-order chi connectivity index (χ0) is 28.9. The number of fused-ring (bicyclic) bond motifs is 1. The lowest BCUT2D eigenvalue weighted by Gasteiger charge is -2.36. The first kappa shape index (κ1) is 28.2. The van der Waals surface area contributed by atoms with Gasteiger partial charge >= 0.3 is 5.97 Å². The highest BCUT2D eigenvalue weighted by Gasteiger charge is 2.30. The van der Waals surface area contributed by atoms with E-state index >= 15 is 0 Å². The lowest BCUT2D eigenvalue weighted by molar-refractivity contribution is 0.0697. The number of nitriles is 1. The first-order valence-corrected chi connectivity index (χ1v) is 13.8. The molecule has 212 valence electrons. The number of aromatic carboxylic acids is 1. The van der Waals surface area contributed by atoms with Crippen LogP contribution < -0.4 is 4.74 Å². The second-order valence-corrected chi connectivity index (χ2v) is 10.2. The van der Waals surface area contributed by atoms with E-state index < -0.39 is 11.8 Å². The third kappa shape index (κ3) is 6.06. The van der Waals surface area contributed by atoms with Crippen LogP contribution in [0.2, 0.25) is 0 Å². The number of hydrogen-bond donors (Lipinski definition) is 2. The van der Waals surface area contributed by atoms with Crippen molar-refractivity contribution in [1.29, 1.82) is 5.26 Å². The van der Waals surface area contributed by atoms with Crippen molar-refractivity contribution in [3.8, 4) is 11.9 Å². The molecule has 3 heterocycles. The van der Waals surface area contributed by atoms with E-state index in [1.165, 1.54) is 6.07 Å². The van der Waals surface area contributed by atoms with E-state index in [0.29, 0.717) is 23.5 Å². The molecule has 41 heavy (non-hydrogen) atoms. The number of rotatable bonds is 10. The monoisotopic (exact) mass is 557 g/mol. The third-order valence-electron chi connectivity index (χ3n) is 7.63. The smallest absolute Gasteiger partial charge is 0.335 e. The summed E-state index contributed by atoms with van der Waals surface area (Å²) >= 11 is 0. The molecule has 0 aliphatic carbocycles. The molecule has 9 nitrogen and oxygen atoms in total. The van der Waals surface area contributed by atoms with Crippen molar-refractivity contribution in [2.24, 2.45) is 0 Å². The molecule has 1 aliphatic heterocycles. The maximum Gasteiger partial charge on any atom is 0.335 e. The number of imidazole rings is 1. The van der Waals surface area contributed by atoms with Crippen molar-refractivity contribution in [2.45, 2.75) is 51.3 Å². The van der Waals surface area contributed by atoms with Crippen LogP contribution in [0, 0.1) is 17.1 Å². The normalized spacial score (nSPS) is 15.1. The third-order valence-corrected chi connectivity index (χ3v) is 7.63. The minimum atomic E-state index is -0.983. The predicted molar refractivity (Wildman–Crippen MR) is 150 cm³/mol. The summed E-state index contributed by atoms with van der Waals surface area (Å²) in [6.07, 6.45) is 2.50. The van der Waals surface area contributed by atoms with Gasteiger partial charge < -0.3 is 19.5 Å². The van der Waals surface area contributed by atoms with E-state index in [4.69, 9.17) is 15.0 Å². The number of likely N-dealkylation sites (tertiary alicyclic amines) is 1. The van der Waals surface area contributed by atoms with Gasteiger partial charge in [-0.15, -0.1) is 0 Å². The summed E-state index contributed by atoms with van der Waals surface area (Å²) in [6, 6.07) is 16.5. The van der Waals surface area contributed by atoms with Gasteiger partial charge in [-0.3, -0.25) is 4.90 Å². The molecule has 0 bridgehead atoms. The molecular weight excluding hydrogens is 525 g/mol. The fraction of sp³-hybridized carbons (Fsp3) is 0.355. The number of nitrogens with zero attached hydrogens (tertiary/aromatic N) is 5. The van der Waals surface area contributed by atoms with E-state index in [0.717, 1.165) is 49.4 Å². The van der Waals surface area contributed by atoms with Crippen LogP contribution in [0.3, 0.4) is 0 Å². The van der Waals surface area contributed by atoms with Gasteiger partial charge in [-0.2, -0.15) is 5.26 Å². The Morgan fingerprint density at radius 3 is 2.66 bits per heavy atom. The second-order valence-electron chi connectivity index (χ2n) is 10.2. The Labute approximate surface area is 237 Å². The fourth-order valence-corrected chi connectivity index (χ4v) is 5.48. The van der Waals surface area contributed by atoms with Crippen molar-refractivity contribution < 1.29 is 24.1 Å². The molecule has 1 saturated heterocycles. The van der Waals surface area contributed by atoms with E-state index in [2.05, 4.69) is 16.8 Å². The first-order chi connectivity index (χ1) is 19.9. The Balaban J connectivity index is 1.27. The molecule has 0 spiro atoms. The quantitative estimate of drug-likeness (QED) is 0.278.